The zero-order valence-corrected chi connectivity index (χ0v) is 13.0. The van der Waals surface area contributed by atoms with Crippen LogP contribution >= 0.6 is 11.6 Å². The quantitative estimate of drug-likeness (QED) is 0.598. The lowest BCUT2D eigenvalue weighted by molar-refractivity contribution is -0.149. The van der Waals surface area contributed by atoms with Crippen molar-refractivity contribution in [2.75, 3.05) is 18.7 Å². The molecule has 0 amide bonds. The van der Waals surface area contributed by atoms with Gasteiger partial charge in [-0.25, -0.2) is 8.42 Å². The minimum absolute atomic E-state index is 0.0742. The molecule has 0 radical (unpaired) electrons. The maximum atomic E-state index is 12.1. The molecule has 0 heterocycles. The number of carbonyl (C=O) groups is 1. The predicted octanol–water partition coefficient (Wildman–Crippen LogP) is 1.66. The van der Waals surface area contributed by atoms with Gasteiger partial charge in [0.2, 0.25) is 10.0 Å². The van der Waals surface area contributed by atoms with Gasteiger partial charge in [-0.1, -0.05) is 26.2 Å². The van der Waals surface area contributed by atoms with E-state index in [9.17, 15) is 13.2 Å². The van der Waals surface area contributed by atoms with Gasteiger partial charge >= 0.3 is 5.97 Å². The number of sulfonamides is 1. The van der Waals surface area contributed by atoms with Crippen LogP contribution in [0.5, 0.6) is 0 Å². The van der Waals surface area contributed by atoms with Crippen molar-refractivity contribution in [3.63, 3.8) is 0 Å². The second-order valence-electron chi connectivity index (χ2n) is 5.28. The molecule has 1 rings (SSSR count). The van der Waals surface area contributed by atoms with E-state index in [1.807, 2.05) is 0 Å². The maximum absolute atomic E-state index is 12.1. The van der Waals surface area contributed by atoms with Crippen LogP contribution in [0.1, 0.15) is 39.0 Å². The molecular formula is C12H22ClNO4S. The van der Waals surface area contributed by atoms with E-state index in [1.165, 1.54) is 7.11 Å². The molecule has 112 valence electrons. The van der Waals surface area contributed by atoms with E-state index in [2.05, 4.69) is 4.72 Å². The number of methoxy groups -OCH3 is 1. The normalized spacial score (nSPS) is 20.8. The average molecular weight is 312 g/mol. The molecule has 1 fully saturated rings. The first-order valence-corrected chi connectivity index (χ1v) is 8.70. The van der Waals surface area contributed by atoms with Crippen molar-refractivity contribution in [2.24, 2.45) is 5.92 Å². The van der Waals surface area contributed by atoms with E-state index in [0.29, 0.717) is 12.8 Å². The minimum Gasteiger partial charge on any atom is -0.468 e. The third kappa shape index (κ3) is 4.61. The van der Waals surface area contributed by atoms with Gasteiger partial charge in [0.15, 0.2) is 0 Å². The highest BCUT2D eigenvalue weighted by Crippen LogP contribution is 2.30. The number of esters is 1. The van der Waals surface area contributed by atoms with Crippen molar-refractivity contribution in [2.45, 2.75) is 44.6 Å². The number of halogens is 1. The molecule has 0 aliphatic heterocycles. The summed E-state index contributed by atoms with van der Waals surface area (Å²) in [6, 6.07) is 0. The molecule has 0 spiro atoms. The highest BCUT2D eigenvalue weighted by atomic mass is 35.5. The summed E-state index contributed by atoms with van der Waals surface area (Å²) in [7, 11) is -2.26. The molecule has 1 unspecified atom stereocenters. The number of nitrogens with one attached hydrogen (secondary N) is 1. The van der Waals surface area contributed by atoms with Crippen LogP contribution in [0.25, 0.3) is 0 Å². The molecular weight excluding hydrogens is 290 g/mol. The van der Waals surface area contributed by atoms with Gasteiger partial charge in [-0.2, -0.15) is 4.72 Å². The largest absolute Gasteiger partial charge is 0.468 e. The van der Waals surface area contributed by atoms with Crippen molar-refractivity contribution in [3.8, 4) is 0 Å². The molecule has 1 aliphatic carbocycles. The Kier molecular flexibility index (Phi) is 6.08. The molecule has 0 aromatic carbocycles. The Bertz CT molecular complexity index is 404. The van der Waals surface area contributed by atoms with Crippen LogP contribution in [0.4, 0.5) is 0 Å². The summed E-state index contributed by atoms with van der Waals surface area (Å²) >= 11 is 5.64. The summed E-state index contributed by atoms with van der Waals surface area (Å²) in [5, 5.41) is 0. The summed E-state index contributed by atoms with van der Waals surface area (Å²) in [4.78, 5) is 11.9. The fourth-order valence-corrected chi connectivity index (χ4v) is 4.53. The van der Waals surface area contributed by atoms with Crippen LogP contribution in [0, 0.1) is 5.92 Å². The van der Waals surface area contributed by atoms with Crippen molar-refractivity contribution < 1.29 is 17.9 Å². The van der Waals surface area contributed by atoms with Crippen molar-refractivity contribution in [1.29, 1.82) is 0 Å². The molecule has 0 aromatic rings. The number of carbonyl (C=O) groups excluding carboxylic acids is 1. The highest BCUT2D eigenvalue weighted by Gasteiger charge is 2.43. The minimum atomic E-state index is -3.54. The van der Waals surface area contributed by atoms with Crippen LogP contribution in [0.2, 0.25) is 0 Å². The summed E-state index contributed by atoms with van der Waals surface area (Å²) < 4.78 is 31.6. The van der Waals surface area contributed by atoms with Gasteiger partial charge in [-0.3, -0.25) is 4.79 Å². The van der Waals surface area contributed by atoms with E-state index in [4.69, 9.17) is 16.3 Å². The lowest BCUT2D eigenvalue weighted by Gasteiger charge is -2.35. The lowest BCUT2D eigenvalue weighted by Crippen LogP contribution is -2.56. The molecule has 0 bridgehead atoms. The number of alkyl halides is 1. The zero-order valence-electron chi connectivity index (χ0n) is 11.4. The number of hydrogen-bond donors (Lipinski definition) is 1. The number of rotatable bonds is 6. The Hall–Kier alpha value is -0.330. The Morgan fingerprint density at radius 2 is 1.95 bits per heavy atom. The average Bonchev–Trinajstić information content (AvgIpc) is 2.37. The van der Waals surface area contributed by atoms with Crippen molar-refractivity contribution in [1.82, 2.24) is 4.72 Å². The summed E-state index contributed by atoms with van der Waals surface area (Å²) in [5.41, 5.74) is -1.09. The third-order valence-corrected chi connectivity index (χ3v) is 5.64. The van der Waals surface area contributed by atoms with E-state index in [0.717, 1.165) is 19.3 Å². The molecule has 1 aliphatic rings. The second-order valence-corrected chi connectivity index (χ2v) is 7.35. The van der Waals surface area contributed by atoms with Gasteiger partial charge in [-0.05, 0) is 18.8 Å². The van der Waals surface area contributed by atoms with Crippen LogP contribution in [0.15, 0.2) is 0 Å². The zero-order chi connectivity index (χ0) is 14.5. The van der Waals surface area contributed by atoms with Gasteiger partial charge < -0.3 is 4.74 Å². The monoisotopic (exact) mass is 311 g/mol. The van der Waals surface area contributed by atoms with E-state index < -0.39 is 21.5 Å². The second kappa shape index (κ2) is 6.90. The third-order valence-electron chi connectivity index (χ3n) is 3.40. The van der Waals surface area contributed by atoms with Crippen LogP contribution in [-0.4, -0.2) is 38.7 Å². The Balaban J connectivity index is 2.86. The van der Waals surface area contributed by atoms with Crippen LogP contribution < -0.4 is 4.72 Å². The molecule has 1 atom stereocenters. The van der Waals surface area contributed by atoms with Gasteiger partial charge in [-0.15, -0.1) is 11.6 Å². The molecule has 1 N–H and O–H groups in total. The summed E-state index contributed by atoms with van der Waals surface area (Å²) in [6.07, 6.45) is 3.65. The Morgan fingerprint density at radius 1 is 1.37 bits per heavy atom. The van der Waals surface area contributed by atoms with Gasteiger partial charge in [0, 0.05) is 5.88 Å². The van der Waals surface area contributed by atoms with Crippen molar-refractivity contribution >= 4 is 27.6 Å². The summed E-state index contributed by atoms with van der Waals surface area (Å²) in [5.74, 6) is -0.451. The predicted molar refractivity (Wildman–Crippen MR) is 74.6 cm³/mol. The number of ether oxygens (including phenoxy) is 1. The molecule has 7 heteroatoms. The fraction of sp³-hybridized carbons (Fsp3) is 0.917. The van der Waals surface area contributed by atoms with Gasteiger partial charge in [0.25, 0.3) is 0 Å². The van der Waals surface area contributed by atoms with Gasteiger partial charge in [0.05, 0.1) is 12.9 Å². The Morgan fingerprint density at radius 3 is 2.42 bits per heavy atom. The molecule has 5 nitrogen and oxygen atoms in total. The van der Waals surface area contributed by atoms with Crippen molar-refractivity contribution in [3.05, 3.63) is 0 Å². The first-order valence-electron chi connectivity index (χ1n) is 6.51. The summed E-state index contributed by atoms with van der Waals surface area (Å²) in [6.45, 7) is 1.76. The molecule has 1 saturated carbocycles. The smallest absolute Gasteiger partial charge is 0.327 e. The molecule has 19 heavy (non-hydrogen) atoms. The Labute approximate surface area is 120 Å². The van der Waals surface area contributed by atoms with E-state index in [1.54, 1.807) is 6.92 Å². The standard InChI is InChI=1S/C12H22ClNO4S/c1-10(8-13)9-19(16,17)14-12(11(15)18-2)6-4-3-5-7-12/h10,14H,3-9H2,1-2H3. The van der Waals surface area contributed by atoms with Crippen LogP contribution in [-0.2, 0) is 19.6 Å². The molecule has 0 saturated heterocycles. The van der Waals surface area contributed by atoms with E-state index in [-0.39, 0.29) is 17.6 Å². The van der Waals surface area contributed by atoms with Gasteiger partial charge in [0.1, 0.15) is 5.54 Å². The van der Waals surface area contributed by atoms with Crippen LogP contribution in [0.3, 0.4) is 0 Å². The van der Waals surface area contributed by atoms with E-state index >= 15 is 0 Å². The number of hydrogen-bond acceptors (Lipinski definition) is 4. The molecule has 0 aromatic heterocycles. The topological polar surface area (TPSA) is 72.5 Å². The maximum Gasteiger partial charge on any atom is 0.327 e. The first-order chi connectivity index (χ1) is 8.85. The SMILES string of the molecule is COC(=O)C1(NS(=O)(=O)CC(C)CCl)CCCCC1. The fourth-order valence-electron chi connectivity index (χ4n) is 2.46. The lowest BCUT2D eigenvalue weighted by atomic mass is 9.83. The highest BCUT2D eigenvalue weighted by molar-refractivity contribution is 7.89. The first kappa shape index (κ1) is 16.7.